The van der Waals surface area contributed by atoms with Crippen LogP contribution in [0.2, 0.25) is 5.02 Å². The number of nitriles is 1. The van der Waals surface area contributed by atoms with Gasteiger partial charge in [-0.25, -0.2) is 0 Å². The van der Waals surface area contributed by atoms with Crippen LogP contribution in [0.15, 0.2) is 48.0 Å². The van der Waals surface area contributed by atoms with Gasteiger partial charge in [-0.05, 0) is 35.8 Å². The van der Waals surface area contributed by atoms with Gasteiger partial charge in [0.1, 0.15) is 11.6 Å². The molecule has 27 heavy (non-hydrogen) atoms. The van der Waals surface area contributed by atoms with Crippen LogP contribution in [0.1, 0.15) is 24.5 Å². The molecule has 0 spiro atoms. The molecular weight excluding hydrogens is 364 g/mol. The second-order valence-corrected chi connectivity index (χ2v) is 6.13. The number of hydrogen-bond acceptors (Lipinski definition) is 4. The molecule has 0 heterocycles. The number of nitrogens with one attached hydrogen (secondary N) is 1. The zero-order valence-corrected chi connectivity index (χ0v) is 16.0. The van der Waals surface area contributed by atoms with Gasteiger partial charge in [0.15, 0.2) is 11.5 Å². The topological polar surface area (TPSA) is 71.3 Å². The Balaban J connectivity index is 2.19. The van der Waals surface area contributed by atoms with E-state index in [1.54, 1.807) is 12.1 Å². The van der Waals surface area contributed by atoms with E-state index in [0.717, 1.165) is 12.0 Å². The summed E-state index contributed by atoms with van der Waals surface area (Å²) in [5.74, 6) is 0.442. The quantitative estimate of drug-likeness (QED) is 0.542. The summed E-state index contributed by atoms with van der Waals surface area (Å²) < 4.78 is 10.9. The van der Waals surface area contributed by atoms with Gasteiger partial charge in [0, 0.05) is 6.54 Å². The number of nitrogens with zero attached hydrogens (tertiary/aromatic N) is 1. The van der Waals surface area contributed by atoms with Gasteiger partial charge < -0.3 is 14.8 Å². The first-order valence-corrected chi connectivity index (χ1v) is 8.91. The summed E-state index contributed by atoms with van der Waals surface area (Å²) in [4.78, 5) is 12.3. The van der Waals surface area contributed by atoms with E-state index in [1.807, 2.05) is 43.3 Å². The molecule has 2 rings (SSSR count). The van der Waals surface area contributed by atoms with Gasteiger partial charge in [-0.2, -0.15) is 5.26 Å². The number of hydrogen-bond donors (Lipinski definition) is 1. The highest BCUT2D eigenvalue weighted by atomic mass is 35.5. The number of amides is 1. The van der Waals surface area contributed by atoms with Crippen molar-refractivity contribution in [1.82, 2.24) is 5.32 Å². The van der Waals surface area contributed by atoms with Crippen molar-refractivity contribution in [3.8, 4) is 17.6 Å². The molecule has 0 fully saturated rings. The summed E-state index contributed by atoms with van der Waals surface area (Å²) in [5, 5.41) is 12.4. The molecule has 0 saturated heterocycles. The van der Waals surface area contributed by atoms with Gasteiger partial charge in [-0.3, -0.25) is 4.79 Å². The molecular formula is C21H21ClN2O3. The summed E-state index contributed by atoms with van der Waals surface area (Å²) in [6.07, 6.45) is 2.31. The highest BCUT2D eigenvalue weighted by Crippen LogP contribution is 2.37. The zero-order chi connectivity index (χ0) is 19.6. The van der Waals surface area contributed by atoms with Gasteiger partial charge in [0.25, 0.3) is 5.91 Å². The molecule has 1 N–H and O–H groups in total. The molecule has 6 heteroatoms. The number of ether oxygens (including phenoxy) is 2. The lowest BCUT2D eigenvalue weighted by Crippen LogP contribution is -2.23. The molecule has 5 nitrogen and oxygen atoms in total. The number of carbonyl (C=O) groups is 1. The van der Waals surface area contributed by atoms with Gasteiger partial charge in [0.05, 0.1) is 18.7 Å². The average Bonchev–Trinajstić information content (AvgIpc) is 2.69. The summed E-state index contributed by atoms with van der Waals surface area (Å²) in [6.45, 7) is 2.84. The van der Waals surface area contributed by atoms with Crippen molar-refractivity contribution < 1.29 is 14.3 Å². The predicted molar refractivity (Wildman–Crippen MR) is 106 cm³/mol. The molecule has 0 radical (unpaired) electrons. The fraction of sp³-hybridized carbons (Fsp3) is 0.238. The van der Waals surface area contributed by atoms with Crippen LogP contribution in [0, 0.1) is 11.3 Å². The molecule has 0 bridgehead atoms. The summed E-state index contributed by atoms with van der Waals surface area (Å²) in [7, 11) is 1.51. The molecule has 0 aliphatic rings. The van der Waals surface area contributed by atoms with Gasteiger partial charge in [-0.1, -0.05) is 48.9 Å². The minimum absolute atomic E-state index is 0.0220. The van der Waals surface area contributed by atoms with Crippen LogP contribution in [0.25, 0.3) is 6.08 Å². The number of halogens is 1. The SMILES string of the molecule is CCCOc1c(Cl)cc(/C=C(\C#N)C(=O)NCc2ccccc2)cc1OC. The Morgan fingerprint density at radius 3 is 2.67 bits per heavy atom. The van der Waals surface area contributed by atoms with Crippen LogP contribution < -0.4 is 14.8 Å². The largest absolute Gasteiger partial charge is 0.493 e. The fourth-order valence-electron chi connectivity index (χ4n) is 2.36. The Labute approximate surface area is 164 Å². The van der Waals surface area contributed by atoms with E-state index in [-0.39, 0.29) is 5.57 Å². The number of rotatable bonds is 8. The van der Waals surface area contributed by atoms with Crippen molar-refractivity contribution in [3.63, 3.8) is 0 Å². The van der Waals surface area contributed by atoms with Crippen molar-refractivity contribution in [2.24, 2.45) is 0 Å². The molecule has 0 aromatic heterocycles. The molecule has 1 amide bonds. The van der Waals surface area contributed by atoms with Crippen molar-refractivity contribution in [3.05, 3.63) is 64.2 Å². The van der Waals surface area contributed by atoms with E-state index in [1.165, 1.54) is 13.2 Å². The standard InChI is InChI=1S/C21H21ClN2O3/c1-3-9-27-20-18(22)11-16(12-19(20)26-2)10-17(13-23)21(25)24-14-15-7-5-4-6-8-15/h4-8,10-12H,3,9,14H2,1-2H3,(H,24,25)/b17-10+. The maximum atomic E-state index is 12.3. The lowest BCUT2D eigenvalue weighted by atomic mass is 10.1. The van der Waals surface area contributed by atoms with Gasteiger partial charge in [-0.15, -0.1) is 0 Å². The molecule has 0 atom stereocenters. The molecule has 0 saturated carbocycles. The summed E-state index contributed by atoms with van der Waals surface area (Å²) >= 11 is 6.28. The highest BCUT2D eigenvalue weighted by molar-refractivity contribution is 6.32. The summed E-state index contributed by atoms with van der Waals surface area (Å²) in [6, 6.07) is 14.7. The van der Waals surface area contributed by atoms with E-state index >= 15 is 0 Å². The predicted octanol–water partition coefficient (Wildman–Crippen LogP) is 4.36. The van der Waals surface area contributed by atoms with Crippen molar-refractivity contribution in [1.29, 1.82) is 5.26 Å². The van der Waals surface area contributed by atoms with E-state index in [2.05, 4.69) is 5.32 Å². The van der Waals surface area contributed by atoms with Crippen LogP contribution in [-0.2, 0) is 11.3 Å². The molecule has 0 unspecified atom stereocenters. The third-order valence-corrected chi connectivity index (χ3v) is 3.96. The average molecular weight is 385 g/mol. The van der Waals surface area contributed by atoms with E-state index in [0.29, 0.717) is 35.2 Å². The Morgan fingerprint density at radius 2 is 2.04 bits per heavy atom. The second kappa shape index (κ2) is 10.2. The van der Waals surface area contributed by atoms with Gasteiger partial charge >= 0.3 is 0 Å². The van der Waals surface area contributed by atoms with Crippen LogP contribution >= 0.6 is 11.6 Å². The zero-order valence-electron chi connectivity index (χ0n) is 15.3. The van der Waals surface area contributed by atoms with Crippen LogP contribution in [0.5, 0.6) is 11.5 Å². The van der Waals surface area contributed by atoms with E-state index in [4.69, 9.17) is 21.1 Å². The normalized spacial score (nSPS) is 10.8. The smallest absolute Gasteiger partial charge is 0.262 e. The first kappa shape index (κ1) is 20.3. The van der Waals surface area contributed by atoms with Gasteiger partial charge in [0.2, 0.25) is 0 Å². The van der Waals surface area contributed by atoms with Crippen molar-refractivity contribution in [2.45, 2.75) is 19.9 Å². The second-order valence-electron chi connectivity index (χ2n) is 5.72. The van der Waals surface area contributed by atoms with E-state index < -0.39 is 5.91 Å². The van der Waals surface area contributed by atoms with Crippen molar-refractivity contribution in [2.75, 3.05) is 13.7 Å². The highest BCUT2D eigenvalue weighted by Gasteiger charge is 2.14. The molecule has 2 aromatic carbocycles. The van der Waals surface area contributed by atoms with Crippen LogP contribution in [0.3, 0.4) is 0 Å². The number of methoxy groups -OCH3 is 1. The summed E-state index contributed by atoms with van der Waals surface area (Å²) in [5.41, 5.74) is 1.50. The number of benzene rings is 2. The lowest BCUT2D eigenvalue weighted by molar-refractivity contribution is -0.117. The minimum Gasteiger partial charge on any atom is -0.493 e. The van der Waals surface area contributed by atoms with Crippen molar-refractivity contribution >= 4 is 23.6 Å². The first-order chi connectivity index (χ1) is 13.1. The molecule has 0 aliphatic heterocycles. The first-order valence-electron chi connectivity index (χ1n) is 8.53. The lowest BCUT2D eigenvalue weighted by Gasteiger charge is -2.13. The molecule has 2 aromatic rings. The monoisotopic (exact) mass is 384 g/mol. The fourth-order valence-corrected chi connectivity index (χ4v) is 2.63. The molecule has 140 valence electrons. The Kier molecular flexibility index (Phi) is 7.72. The minimum atomic E-state index is -0.456. The molecule has 0 aliphatic carbocycles. The Hall–Kier alpha value is -2.97. The van der Waals surface area contributed by atoms with E-state index in [9.17, 15) is 10.1 Å². The maximum Gasteiger partial charge on any atom is 0.262 e. The van der Waals surface area contributed by atoms with Crippen LogP contribution in [-0.4, -0.2) is 19.6 Å². The van der Waals surface area contributed by atoms with Crippen LogP contribution in [0.4, 0.5) is 0 Å². The maximum absolute atomic E-state index is 12.3. The Morgan fingerprint density at radius 1 is 1.30 bits per heavy atom. The third-order valence-electron chi connectivity index (χ3n) is 3.67. The Bertz CT molecular complexity index is 858. The number of carbonyl (C=O) groups excluding carboxylic acids is 1. The third kappa shape index (κ3) is 5.77.